The van der Waals surface area contributed by atoms with Crippen LogP contribution >= 0.6 is 35.0 Å². The maximum Gasteiger partial charge on any atom is 0.446 e. The third-order valence-electron chi connectivity index (χ3n) is 8.44. The number of fused-ring (bicyclic) bond motifs is 1. The SMILES string of the molecule is CN(CC(CCN1CCC(c2ccccc2SC(F)(F)F)CC1)c1ccc(Cl)c(Cl)c1)C(=O)c1cc(C#N)cc2ccccc12. The van der Waals surface area contributed by atoms with Gasteiger partial charge in [-0.1, -0.05) is 71.7 Å². The van der Waals surface area contributed by atoms with E-state index in [4.69, 9.17) is 23.2 Å². The van der Waals surface area contributed by atoms with E-state index >= 15 is 0 Å². The number of carbonyl (C=O) groups excluding carboxylic acids is 1. The van der Waals surface area contributed by atoms with Crippen LogP contribution in [0.4, 0.5) is 13.2 Å². The molecular formula is C35H32Cl2F3N3OS. The number of thioether (sulfide) groups is 1. The van der Waals surface area contributed by atoms with Crippen molar-refractivity contribution in [1.82, 2.24) is 9.80 Å². The van der Waals surface area contributed by atoms with E-state index in [1.807, 2.05) is 42.5 Å². The summed E-state index contributed by atoms with van der Waals surface area (Å²) < 4.78 is 39.5. The van der Waals surface area contributed by atoms with Gasteiger partial charge >= 0.3 is 5.51 Å². The van der Waals surface area contributed by atoms with Crippen LogP contribution in [0.3, 0.4) is 0 Å². The van der Waals surface area contributed by atoms with Crippen LogP contribution in [-0.4, -0.2) is 54.4 Å². The van der Waals surface area contributed by atoms with Crippen molar-refractivity contribution in [2.75, 3.05) is 33.2 Å². The number of nitriles is 1. The van der Waals surface area contributed by atoms with Gasteiger partial charge in [-0.3, -0.25) is 4.79 Å². The molecule has 1 aliphatic rings. The molecular weight excluding hydrogens is 638 g/mol. The molecule has 234 valence electrons. The van der Waals surface area contributed by atoms with Gasteiger partial charge in [0, 0.05) is 30.0 Å². The lowest BCUT2D eigenvalue weighted by Gasteiger charge is -2.34. The van der Waals surface area contributed by atoms with Crippen molar-refractivity contribution in [3.05, 3.63) is 111 Å². The van der Waals surface area contributed by atoms with Crippen LogP contribution < -0.4 is 0 Å². The molecule has 0 radical (unpaired) electrons. The number of nitrogens with zero attached hydrogens (tertiary/aromatic N) is 3. The topological polar surface area (TPSA) is 47.3 Å². The molecule has 4 nitrogen and oxygen atoms in total. The molecule has 0 aliphatic carbocycles. The molecule has 1 saturated heterocycles. The van der Waals surface area contributed by atoms with Gasteiger partial charge in [0.05, 0.1) is 21.7 Å². The second kappa shape index (κ2) is 14.5. The summed E-state index contributed by atoms with van der Waals surface area (Å²) >= 11 is 12.6. The van der Waals surface area contributed by atoms with E-state index in [9.17, 15) is 23.2 Å². The number of rotatable bonds is 9. The Labute approximate surface area is 275 Å². The van der Waals surface area contributed by atoms with Crippen molar-refractivity contribution in [2.45, 2.75) is 41.5 Å². The number of benzene rings is 4. The Bertz CT molecular complexity index is 1720. The standard InChI is InChI=1S/C35H32Cl2F3N3OS/c1-42(34(44)30-19-23(21-41)18-26-6-2-3-7-28(26)30)22-27(25-10-11-31(36)32(37)20-25)14-17-43-15-12-24(13-16-43)29-8-4-5-9-33(29)45-35(38,39)40/h2-11,18-20,24,27H,12-17,22H2,1H3. The third kappa shape index (κ3) is 8.33. The first-order valence-electron chi connectivity index (χ1n) is 14.7. The number of carbonyl (C=O) groups is 1. The maximum atomic E-state index is 13.8. The lowest BCUT2D eigenvalue weighted by molar-refractivity contribution is -0.0328. The van der Waals surface area contributed by atoms with Gasteiger partial charge < -0.3 is 9.80 Å². The van der Waals surface area contributed by atoms with Gasteiger partial charge in [0.2, 0.25) is 0 Å². The van der Waals surface area contributed by atoms with Crippen LogP contribution in [0.2, 0.25) is 10.0 Å². The van der Waals surface area contributed by atoms with Crippen LogP contribution in [0.25, 0.3) is 10.8 Å². The molecule has 1 fully saturated rings. The van der Waals surface area contributed by atoms with Crippen LogP contribution in [0.1, 0.15) is 58.1 Å². The Hall–Kier alpha value is -3.22. The number of alkyl halides is 3. The van der Waals surface area contributed by atoms with Crippen LogP contribution in [0.5, 0.6) is 0 Å². The van der Waals surface area contributed by atoms with Crippen LogP contribution in [-0.2, 0) is 0 Å². The normalized spacial score (nSPS) is 15.1. The molecule has 1 aliphatic heterocycles. The van der Waals surface area contributed by atoms with Gasteiger partial charge in [-0.25, -0.2) is 0 Å². The highest BCUT2D eigenvalue weighted by molar-refractivity contribution is 8.00. The fourth-order valence-corrected chi connectivity index (χ4v) is 7.20. The molecule has 0 aromatic heterocycles. The van der Waals surface area contributed by atoms with Crippen molar-refractivity contribution in [1.29, 1.82) is 5.26 Å². The number of hydrogen-bond donors (Lipinski definition) is 0. The zero-order chi connectivity index (χ0) is 32.1. The summed E-state index contributed by atoms with van der Waals surface area (Å²) in [7, 11) is 1.77. The monoisotopic (exact) mass is 669 g/mol. The highest BCUT2D eigenvalue weighted by Gasteiger charge is 2.32. The van der Waals surface area contributed by atoms with E-state index < -0.39 is 5.51 Å². The van der Waals surface area contributed by atoms with E-state index in [1.165, 1.54) is 0 Å². The predicted octanol–water partition coefficient (Wildman–Crippen LogP) is 9.76. The molecule has 4 aromatic carbocycles. The number of halogens is 5. The molecule has 0 N–H and O–H groups in total. The Balaban J connectivity index is 1.29. The minimum atomic E-state index is -4.32. The zero-order valence-corrected chi connectivity index (χ0v) is 27.0. The number of hydrogen-bond acceptors (Lipinski definition) is 4. The van der Waals surface area contributed by atoms with Gasteiger partial charge in [0.15, 0.2) is 0 Å². The fraction of sp³-hybridized carbons (Fsp3) is 0.314. The van der Waals surface area contributed by atoms with Crippen molar-refractivity contribution < 1.29 is 18.0 Å². The zero-order valence-electron chi connectivity index (χ0n) is 24.7. The first kappa shape index (κ1) is 33.2. The first-order chi connectivity index (χ1) is 21.5. The summed E-state index contributed by atoms with van der Waals surface area (Å²) in [6, 6.07) is 25.5. The average molecular weight is 671 g/mol. The van der Waals surface area contributed by atoms with Gasteiger partial charge in [-0.2, -0.15) is 18.4 Å². The number of likely N-dealkylation sites (tertiary alicyclic amines) is 1. The maximum absolute atomic E-state index is 13.8. The van der Waals surface area contributed by atoms with E-state index in [-0.39, 0.29) is 34.4 Å². The lowest BCUT2D eigenvalue weighted by Crippen LogP contribution is -2.36. The first-order valence-corrected chi connectivity index (χ1v) is 16.3. The molecule has 1 heterocycles. The number of amides is 1. The quantitative estimate of drug-likeness (QED) is 0.167. The van der Waals surface area contributed by atoms with Crippen molar-refractivity contribution in [3.63, 3.8) is 0 Å². The fourth-order valence-electron chi connectivity index (χ4n) is 6.14. The Morgan fingerprint density at radius 1 is 1.02 bits per heavy atom. The summed E-state index contributed by atoms with van der Waals surface area (Å²) in [5.41, 5.74) is -1.69. The molecule has 5 rings (SSSR count). The van der Waals surface area contributed by atoms with Crippen molar-refractivity contribution in [3.8, 4) is 6.07 Å². The van der Waals surface area contributed by atoms with Gasteiger partial charge in [0.1, 0.15) is 0 Å². The lowest BCUT2D eigenvalue weighted by atomic mass is 9.88. The largest absolute Gasteiger partial charge is 0.446 e. The minimum Gasteiger partial charge on any atom is -0.341 e. The Morgan fingerprint density at radius 3 is 2.44 bits per heavy atom. The molecule has 0 saturated carbocycles. The molecule has 1 atom stereocenters. The number of likely N-dealkylation sites (N-methyl/N-ethyl adjacent to an activating group) is 1. The van der Waals surface area contributed by atoms with E-state index in [1.54, 1.807) is 48.3 Å². The summed E-state index contributed by atoms with van der Waals surface area (Å²) in [5, 5.41) is 12.1. The van der Waals surface area contributed by atoms with Crippen LogP contribution in [0, 0.1) is 11.3 Å². The van der Waals surface area contributed by atoms with E-state index in [0.717, 1.165) is 60.8 Å². The molecule has 45 heavy (non-hydrogen) atoms. The summed E-state index contributed by atoms with van der Waals surface area (Å²) in [6.07, 6.45) is 2.28. The van der Waals surface area contributed by atoms with Crippen molar-refractivity contribution >= 4 is 51.6 Å². The minimum absolute atomic E-state index is 0.0374. The van der Waals surface area contributed by atoms with E-state index in [0.29, 0.717) is 27.7 Å². The second-order valence-electron chi connectivity index (χ2n) is 11.4. The molecule has 1 amide bonds. The molecule has 0 spiro atoms. The van der Waals surface area contributed by atoms with Gasteiger partial charge in [0.25, 0.3) is 5.91 Å². The smallest absolute Gasteiger partial charge is 0.341 e. The molecule has 10 heteroatoms. The van der Waals surface area contributed by atoms with Crippen LogP contribution in [0.15, 0.2) is 83.8 Å². The highest BCUT2D eigenvalue weighted by atomic mass is 35.5. The number of piperidine rings is 1. The highest BCUT2D eigenvalue weighted by Crippen LogP contribution is 2.42. The van der Waals surface area contributed by atoms with E-state index in [2.05, 4.69) is 11.0 Å². The molecule has 1 unspecified atom stereocenters. The van der Waals surface area contributed by atoms with Gasteiger partial charge in [-0.15, -0.1) is 0 Å². The van der Waals surface area contributed by atoms with Gasteiger partial charge in [-0.05, 0) is 109 Å². The molecule has 4 aromatic rings. The summed E-state index contributed by atoms with van der Waals surface area (Å²) in [5.74, 6) is -0.161. The second-order valence-corrected chi connectivity index (χ2v) is 13.3. The average Bonchev–Trinajstić information content (AvgIpc) is 3.03. The Kier molecular flexibility index (Phi) is 10.7. The third-order valence-corrected chi connectivity index (χ3v) is 10.0. The Morgan fingerprint density at radius 2 is 1.73 bits per heavy atom. The summed E-state index contributed by atoms with van der Waals surface area (Å²) in [6.45, 7) is 2.71. The molecule has 0 bridgehead atoms. The van der Waals surface area contributed by atoms with Crippen molar-refractivity contribution in [2.24, 2.45) is 0 Å². The predicted molar refractivity (Wildman–Crippen MR) is 176 cm³/mol. The summed E-state index contributed by atoms with van der Waals surface area (Å²) in [4.78, 5) is 18.1.